The second-order valence-electron chi connectivity index (χ2n) is 6.14. The van der Waals surface area contributed by atoms with Crippen LogP contribution in [0, 0.1) is 0 Å². The van der Waals surface area contributed by atoms with Crippen LogP contribution in [0.3, 0.4) is 0 Å². The lowest BCUT2D eigenvalue weighted by Gasteiger charge is -2.16. The summed E-state index contributed by atoms with van der Waals surface area (Å²) in [7, 11) is -0.797. The largest absolute Gasteiger partial charge is 0.349 e. The number of rotatable bonds is 6. The van der Waals surface area contributed by atoms with Gasteiger partial charge in [-0.15, -0.1) is 0 Å². The van der Waals surface area contributed by atoms with E-state index in [0.29, 0.717) is 11.4 Å². The summed E-state index contributed by atoms with van der Waals surface area (Å²) < 4.78 is 25.6. The number of carbonyl (C=O) groups is 1. The van der Waals surface area contributed by atoms with Crippen LogP contribution in [0.1, 0.15) is 22.8 Å². The van der Waals surface area contributed by atoms with Gasteiger partial charge in [0.1, 0.15) is 0 Å². The number of sulfonamides is 1. The van der Waals surface area contributed by atoms with Crippen molar-refractivity contribution in [3.8, 4) is 0 Å². The predicted octanol–water partition coefficient (Wildman–Crippen LogP) is 3.60. The molecule has 0 fully saturated rings. The van der Waals surface area contributed by atoms with Gasteiger partial charge in [0.05, 0.1) is 15.5 Å². The molecule has 0 aromatic heterocycles. The minimum absolute atomic E-state index is 0.0135. The first-order chi connectivity index (χ1) is 12.1. The van der Waals surface area contributed by atoms with Gasteiger partial charge in [-0.3, -0.25) is 4.79 Å². The van der Waals surface area contributed by atoms with Crippen molar-refractivity contribution in [3.63, 3.8) is 0 Å². The Morgan fingerprint density at radius 2 is 1.85 bits per heavy atom. The molecule has 0 aliphatic rings. The quantitative estimate of drug-likeness (QED) is 0.784. The third-order valence-corrected chi connectivity index (χ3v) is 6.15. The van der Waals surface area contributed by atoms with E-state index in [2.05, 4.69) is 5.32 Å². The minimum atomic E-state index is -3.65. The van der Waals surface area contributed by atoms with E-state index in [4.69, 9.17) is 23.2 Å². The summed E-state index contributed by atoms with van der Waals surface area (Å²) in [6.45, 7) is 1.85. The lowest BCUT2D eigenvalue weighted by atomic mass is 10.1. The van der Waals surface area contributed by atoms with E-state index in [1.165, 1.54) is 32.3 Å². The van der Waals surface area contributed by atoms with Crippen molar-refractivity contribution in [1.29, 1.82) is 0 Å². The average molecular weight is 415 g/mol. The number of hydrogen-bond donors (Lipinski definition) is 1. The summed E-state index contributed by atoms with van der Waals surface area (Å²) in [5.41, 5.74) is 1.10. The van der Waals surface area contributed by atoms with Gasteiger partial charge in [0, 0.05) is 25.2 Å². The molecule has 2 aromatic carbocycles. The Balaban J connectivity index is 2.18. The maximum absolute atomic E-state index is 12.6. The first-order valence-corrected chi connectivity index (χ1v) is 10.1. The third-order valence-electron chi connectivity index (χ3n) is 3.77. The van der Waals surface area contributed by atoms with Crippen LogP contribution in [0.2, 0.25) is 10.0 Å². The Bertz CT molecular complexity index is 914. The van der Waals surface area contributed by atoms with E-state index in [0.717, 1.165) is 9.87 Å². The van der Waals surface area contributed by atoms with Crippen LogP contribution < -0.4 is 5.32 Å². The molecule has 1 N–H and O–H groups in total. The van der Waals surface area contributed by atoms with Crippen LogP contribution in [0.15, 0.2) is 47.4 Å². The molecule has 0 unspecified atom stereocenters. The average Bonchev–Trinajstić information content (AvgIpc) is 2.54. The fraction of sp³-hybridized carbons (Fsp3) is 0.278. The van der Waals surface area contributed by atoms with Gasteiger partial charge in [-0.25, -0.2) is 12.7 Å². The van der Waals surface area contributed by atoms with Crippen molar-refractivity contribution in [2.75, 3.05) is 14.1 Å². The van der Waals surface area contributed by atoms with E-state index in [-0.39, 0.29) is 21.5 Å². The monoisotopic (exact) mass is 414 g/mol. The zero-order chi connectivity index (χ0) is 19.5. The molecule has 1 amide bonds. The zero-order valence-electron chi connectivity index (χ0n) is 14.7. The summed E-state index contributed by atoms with van der Waals surface area (Å²) in [6, 6.07) is 11.3. The van der Waals surface area contributed by atoms with Gasteiger partial charge in [-0.05, 0) is 49.2 Å². The van der Waals surface area contributed by atoms with Crippen molar-refractivity contribution < 1.29 is 13.2 Å². The number of nitrogens with one attached hydrogen (secondary N) is 1. The van der Waals surface area contributed by atoms with Gasteiger partial charge in [0.15, 0.2) is 0 Å². The number of carbonyl (C=O) groups excluding carboxylic acids is 1. The molecule has 2 rings (SSSR count). The van der Waals surface area contributed by atoms with Crippen LogP contribution >= 0.6 is 23.2 Å². The lowest BCUT2D eigenvalue weighted by Crippen LogP contribution is -2.34. The van der Waals surface area contributed by atoms with Crippen molar-refractivity contribution >= 4 is 39.1 Å². The van der Waals surface area contributed by atoms with Crippen LogP contribution in [-0.2, 0) is 16.4 Å². The van der Waals surface area contributed by atoms with E-state index in [9.17, 15) is 13.2 Å². The predicted molar refractivity (Wildman–Crippen MR) is 104 cm³/mol. The Labute approximate surface area is 164 Å². The van der Waals surface area contributed by atoms with Gasteiger partial charge < -0.3 is 5.32 Å². The van der Waals surface area contributed by atoms with Gasteiger partial charge in [-0.2, -0.15) is 0 Å². The molecule has 1 atom stereocenters. The van der Waals surface area contributed by atoms with Crippen LogP contribution in [0.5, 0.6) is 0 Å². The van der Waals surface area contributed by atoms with Crippen molar-refractivity contribution in [2.45, 2.75) is 24.3 Å². The first kappa shape index (κ1) is 20.7. The molecule has 0 heterocycles. The Kier molecular flexibility index (Phi) is 6.69. The first-order valence-electron chi connectivity index (χ1n) is 7.88. The summed E-state index contributed by atoms with van der Waals surface area (Å²) >= 11 is 12.1. The molecule has 8 heteroatoms. The summed E-state index contributed by atoms with van der Waals surface area (Å²) in [6.07, 6.45) is 0.583. The highest BCUT2D eigenvalue weighted by molar-refractivity contribution is 7.89. The number of benzene rings is 2. The van der Waals surface area contributed by atoms with Gasteiger partial charge in [0.2, 0.25) is 10.0 Å². The van der Waals surface area contributed by atoms with Gasteiger partial charge >= 0.3 is 0 Å². The Morgan fingerprint density at radius 3 is 2.46 bits per heavy atom. The molecule has 0 spiro atoms. The lowest BCUT2D eigenvalue weighted by molar-refractivity contribution is 0.0940. The van der Waals surface area contributed by atoms with Crippen LogP contribution in [-0.4, -0.2) is 38.8 Å². The van der Waals surface area contributed by atoms with E-state index < -0.39 is 15.9 Å². The Morgan fingerprint density at radius 1 is 1.15 bits per heavy atom. The summed E-state index contributed by atoms with van der Waals surface area (Å²) in [4.78, 5) is 12.6. The fourth-order valence-corrected chi connectivity index (χ4v) is 3.76. The topological polar surface area (TPSA) is 66.5 Å². The maximum Gasteiger partial charge on any atom is 0.253 e. The molecule has 0 aliphatic carbocycles. The molecule has 0 bridgehead atoms. The molecule has 0 saturated heterocycles. The van der Waals surface area contributed by atoms with Crippen molar-refractivity contribution in [2.24, 2.45) is 0 Å². The fourth-order valence-electron chi connectivity index (χ4n) is 2.42. The molecule has 26 heavy (non-hydrogen) atoms. The molecule has 5 nitrogen and oxygen atoms in total. The normalized spacial score (nSPS) is 12.8. The highest BCUT2D eigenvalue weighted by Crippen LogP contribution is 2.22. The van der Waals surface area contributed by atoms with Crippen LogP contribution in [0.4, 0.5) is 0 Å². The Hall–Kier alpha value is -1.60. The molecule has 0 aliphatic heterocycles. The molecule has 0 saturated carbocycles. The van der Waals surface area contributed by atoms with Gasteiger partial charge in [0.25, 0.3) is 5.91 Å². The third kappa shape index (κ3) is 4.98. The molecular weight excluding hydrogens is 395 g/mol. The highest BCUT2D eigenvalue weighted by atomic mass is 35.5. The van der Waals surface area contributed by atoms with E-state index in [1.54, 1.807) is 6.07 Å². The molecule has 2 aromatic rings. The molecule has 0 radical (unpaired) electrons. The zero-order valence-corrected chi connectivity index (χ0v) is 17.0. The summed E-state index contributed by atoms with van der Waals surface area (Å²) in [5.74, 6) is -0.430. The SMILES string of the molecule is C[C@H](Cc1cccc(Cl)c1)NC(=O)c1cc(S(=O)(=O)N(C)C)ccc1Cl. The number of halogens is 2. The van der Waals surface area contributed by atoms with E-state index >= 15 is 0 Å². The number of nitrogens with zero attached hydrogens (tertiary/aromatic N) is 1. The van der Waals surface area contributed by atoms with Crippen molar-refractivity contribution in [3.05, 3.63) is 63.6 Å². The number of amides is 1. The molecule has 140 valence electrons. The minimum Gasteiger partial charge on any atom is -0.349 e. The van der Waals surface area contributed by atoms with Crippen LogP contribution in [0.25, 0.3) is 0 Å². The number of hydrogen-bond acceptors (Lipinski definition) is 3. The maximum atomic E-state index is 12.6. The van der Waals surface area contributed by atoms with E-state index in [1.807, 2.05) is 25.1 Å². The molecular formula is C18H20Cl2N2O3S. The standard InChI is InChI=1S/C18H20Cl2N2O3S/c1-12(9-13-5-4-6-14(19)10-13)21-18(23)16-11-15(7-8-17(16)20)26(24,25)22(2)3/h4-8,10-12H,9H2,1-3H3,(H,21,23)/t12-/m1/s1. The van der Waals surface area contributed by atoms with Gasteiger partial charge in [-0.1, -0.05) is 35.3 Å². The second kappa shape index (κ2) is 8.39. The van der Waals surface area contributed by atoms with Crippen molar-refractivity contribution in [1.82, 2.24) is 9.62 Å². The smallest absolute Gasteiger partial charge is 0.253 e. The highest BCUT2D eigenvalue weighted by Gasteiger charge is 2.21. The second-order valence-corrected chi connectivity index (χ2v) is 9.13. The summed E-state index contributed by atoms with van der Waals surface area (Å²) in [5, 5.41) is 3.66.